The van der Waals surface area contributed by atoms with Crippen molar-refractivity contribution in [1.29, 1.82) is 0 Å². The highest BCUT2D eigenvalue weighted by Crippen LogP contribution is 2.42. The number of rotatable bonds is 4. The van der Waals surface area contributed by atoms with E-state index in [2.05, 4.69) is 5.32 Å². The van der Waals surface area contributed by atoms with Crippen molar-refractivity contribution in [2.24, 2.45) is 5.92 Å². The average Bonchev–Trinajstić information content (AvgIpc) is 3.10. The van der Waals surface area contributed by atoms with Crippen LogP contribution in [-0.4, -0.2) is 34.8 Å². The van der Waals surface area contributed by atoms with E-state index in [9.17, 15) is 9.59 Å². The number of hydrogen-bond acceptors (Lipinski definition) is 2. The number of likely N-dealkylation sites (N-methyl/N-ethyl adjacent to an activating group) is 1. The topological polar surface area (TPSA) is 49.4 Å². The standard InChI is InChI=1S/C13H22N2O2/c1-4-6-10-11(16)14-13(3,9-7-8-9)12(17)15(10)5-2/h9-10H,4-8H2,1-3H3,(H,14,16). The Hall–Kier alpha value is -1.06. The monoisotopic (exact) mass is 238 g/mol. The fraction of sp³-hybridized carbons (Fsp3) is 0.846. The molecule has 1 N–H and O–H groups in total. The van der Waals surface area contributed by atoms with Gasteiger partial charge in [0, 0.05) is 6.54 Å². The Labute approximate surface area is 103 Å². The molecule has 1 aliphatic heterocycles. The van der Waals surface area contributed by atoms with Gasteiger partial charge in [-0.3, -0.25) is 9.59 Å². The molecule has 0 aromatic rings. The van der Waals surface area contributed by atoms with Crippen molar-refractivity contribution < 1.29 is 9.59 Å². The first kappa shape index (κ1) is 12.4. The molecule has 1 saturated carbocycles. The van der Waals surface area contributed by atoms with E-state index in [0.717, 1.165) is 25.7 Å². The van der Waals surface area contributed by atoms with Crippen LogP contribution in [0.5, 0.6) is 0 Å². The van der Waals surface area contributed by atoms with Gasteiger partial charge in [0.15, 0.2) is 0 Å². The minimum atomic E-state index is -0.642. The van der Waals surface area contributed by atoms with E-state index in [-0.39, 0.29) is 17.9 Å². The zero-order chi connectivity index (χ0) is 12.6. The number of carbonyl (C=O) groups is 2. The van der Waals surface area contributed by atoms with Crippen LogP contribution in [0.4, 0.5) is 0 Å². The van der Waals surface area contributed by atoms with Crippen molar-refractivity contribution in [3.05, 3.63) is 0 Å². The minimum absolute atomic E-state index is 0.0303. The number of nitrogens with zero attached hydrogens (tertiary/aromatic N) is 1. The van der Waals surface area contributed by atoms with Crippen molar-refractivity contribution in [1.82, 2.24) is 10.2 Å². The maximum atomic E-state index is 12.5. The van der Waals surface area contributed by atoms with Crippen LogP contribution in [0.1, 0.15) is 46.5 Å². The van der Waals surface area contributed by atoms with Crippen LogP contribution in [0.15, 0.2) is 0 Å². The molecule has 0 aromatic heterocycles. The van der Waals surface area contributed by atoms with Gasteiger partial charge in [0.05, 0.1) is 0 Å². The number of nitrogens with one attached hydrogen (secondary N) is 1. The Kier molecular flexibility index (Phi) is 3.15. The third-order valence-corrected chi connectivity index (χ3v) is 4.06. The summed E-state index contributed by atoms with van der Waals surface area (Å²) in [6.45, 7) is 6.50. The lowest BCUT2D eigenvalue weighted by molar-refractivity contribution is -0.155. The molecule has 0 radical (unpaired) electrons. The molecule has 4 nitrogen and oxygen atoms in total. The zero-order valence-corrected chi connectivity index (χ0v) is 11.0. The summed E-state index contributed by atoms with van der Waals surface area (Å²) in [6, 6.07) is -0.260. The highest BCUT2D eigenvalue weighted by Gasteiger charge is 2.54. The smallest absolute Gasteiger partial charge is 0.248 e. The van der Waals surface area contributed by atoms with E-state index in [1.54, 1.807) is 4.90 Å². The third-order valence-electron chi connectivity index (χ3n) is 4.06. The summed E-state index contributed by atoms with van der Waals surface area (Å²) in [5.41, 5.74) is -0.642. The maximum Gasteiger partial charge on any atom is 0.248 e. The summed E-state index contributed by atoms with van der Waals surface area (Å²) in [5.74, 6) is 0.485. The minimum Gasteiger partial charge on any atom is -0.340 e. The maximum absolute atomic E-state index is 12.5. The predicted molar refractivity (Wildman–Crippen MR) is 65.4 cm³/mol. The van der Waals surface area contributed by atoms with Gasteiger partial charge in [-0.25, -0.2) is 0 Å². The molecule has 1 saturated heterocycles. The highest BCUT2D eigenvalue weighted by molar-refractivity contribution is 6.00. The Morgan fingerprint density at radius 3 is 2.47 bits per heavy atom. The predicted octanol–water partition coefficient (Wildman–Crippen LogP) is 1.30. The lowest BCUT2D eigenvalue weighted by Gasteiger charge is -2.44. The van der Waals surface area contributed by atoms with Crippen LogP contribution in [0.2, 0.25) is 0 Å². The number of amides is 2. The van der Waals surface area contributed by atoms with Gasteiger partial charge in [0.25, 0.3) is 0 Å². The summed E-state index contributed by atoms with van der Waals surface area (Å²) >= 11 is 0. The Bertz CT molecular complexity index is 338. The van der Waals surface area contributed by atoms with Crippen molar-refractivity contribution in [3.8, 4) is 0 Å². The van der Waals surface area contributed by atoms with Gasteiger partial charge in [0.1, 0.15) is 11.6 Å². The van der Waals surface area contributed by atoms with Crippen LogP contribution < -0.4 is 5.32 Å². The van der Waals surface area contributed by atoms with Gasteiger partial charge in [-0.1, -0.05) is 13.3 Å². The van der Waals surface area contributed by atoms with Crippen molar-refractivity contribution in [3.63, 3.8) is 0 Å². The lowest BCUT2D eigenvalue weighted by Crippen LogP contribution is -2.70. The first-order chi connectivity index (χ1) is 8.04. The van der Waals surface area contributed by atoms with Gasteiger partial charge >= 0.3 is 0 Å². The first-order valence-electron chi connectivity index (χ1n) is 6.67. The van der Waals surface area contributed by atoms with Gasteiger partial charge in [0.2, 0.25) is 11.8 Å². The van der Waals surface area contributed by atoms with Crippen LogP contribution in [0.3, 0.4) is 0 Å². The molecule has 2 unspecified atom stereocenters. The summed E-state index contributed by atoms with van der Waals surface area (Å²) in [4.78, 5) is 26.4. The van der Waals surface area contributed by atoms with Crippen molar-refractivity contribution in [2.75, 3.05) is 6.54 Å². The summed E-state index contributed by atoms with van der Waals surface area (Å²) < 4.78 is 0. The zero-order valence-electron chi connectivity index (χ0n) is 11.0. The van der Waals surface area contributed by atoms with E-state index in [1.165, 1.54) is 0 Å². The molecule has 2 fully saturated rings. The molecule has 2 amide bonds. The Morgan fingerprint density at radius 2 is 2.00 bits per heavy atom. The largest absolute Gasteiger partial charge is 0.340 e. The molecular weight excluding hydrogens is 216 g/mol. The van der Waals surface area contributed by atoms with Crippen LogP contribution in [0, 0.1) is 5.92 Å². The van der Waals surface area contributed by atoms with Crippen LogP contribution in [-0.2, 0) is 9.59 Å². The van der Waals surface area contributed by atoms with Gasteiger partial charge in [-0.2, -0.15) is 0 Å². The molecule has 2 aliphatic rings. The molecule has 1 heterocycles. The second-order valence-electron chi connectivity index (χ2n) is 5.36. The molecule has 1 aliphatic carbocycles. The van der Waals surface area contributed by atoms with E-state index < -0.39 is 5.54 Å². The molecule has 17 heavy (non-hydrogen) atoms. The molecule has 0 aromatic carbocycles. The third kappa shape index (κ3) is 1.94. The number of piperazine rings is 1. The van der Waals surface area contributed by atoms with Crippen LogP contribution >= 0.6 is 0 Å². The SMILES string of the molecule is CCCC1C(=O)NC(C)(C2CC2)C(=O)N1CC. The fourth-order valence-electron chi connectivity index (χ4n) is 2.84. The van der Waals surface area contributed by atoms with Crippen molar-refractivity contribution in [2.45, 2.75) is 58.0 Å². The van der Waals surface area contributed by atoms with E-state index in [1.807, 2.05) is 20.8 Å². The molecule has 2 atom stereocenters. The van der Waals surface area contributed by atoms with E-state index in [0.29, 0.717) is 12.5 Å². The van der Waals surface area contributed by atoms with Gasteiger partial charge in [-0.05, 0) is 39.0 Å². The number of hydrogen-bond donors (Lipinski definition) is 1. The molecule has 4 heteroatoms. The second kappa shape index (κ2) is 4.31. The molecule has 0 spiro atoms. The highest BCUT2D eigenvalue weighted by atomic mass is 16.2. The fourth-order valence-corrected chi connectivity index (χ4v) is 2.84. The van der Waals surface area contributed by atoms with Gasteiger partial charge < -0.3 is 10.2 Å². The number of carbonyl (C=O) groups excluding carboxylic acids is 2. The van der Waals surface area contributed by atoms with Crippen LogP contribution in [0.25, 0.3) is 0 Å². The van der Waals surface area contributed by atoms with Crippen molar-refractivity contribution >= 4 is 11.8 Å². The average molecular weight is 238 g/mol. The molecule has 2 rings (SSSR count). The first-order valence-corrected chi connectivity index (χ1v) is 6.67. The Balaban J connectivity index is 2.23. The second-order valence-corrected chi connectivity index (χ2v) is 5.36. The van der Waals surface area contributed by atoms with Gasteiger partial charge in [-0.15, -0.1) is 0 Å². The Morgan fingerprint density at radius 1 is 1.35 bits per heavy atom. The summed E-state index contributed by atoms with van der Waals surface area (Å²) in [6.07, 6.45) is 3.78. The van der Waals surface area contributed by atoms with E-state index in [4.69, 9.17) is 0 Å². The molecule has 0 bridgehead atoms. The lowest BCUT2D eigenvalue weighted by atomic mass is 9.88. The molecular formula is C13H22N2O2. The summed E-state index contributed by atoms with van der Waals surface area (Å²) in [7, 11) is 0. The quantitative estimate of drug-likeness (QED) is 0.802. The van der Waals surface area contributed by atoms with E-state index >= 15 is 0 Å². The summed E-state index contributed by atoms with van der Waals surface area (Å²) in [5, 5.41) is 2.97. The normalized spacial score (nSPS) is 33.8. The molecule has 96 valence electrons.